The standard InChI is InChI=1S/C21H25N3O2S/c1-4-17(11-16-8-6-5-7-9-16)23-18(25)12-24-19(26)13-27-21-20(24)14(2)10-15(3)22-21/h5-10,17H,4,11-13H2,1-3H3,(H,23,25)/t17-/m0/s1. The highest BCUT2D eigenvalue weighted by atomic mass is 32.2. The first kappa shape index (κ1) is 19.4. The van der Waals surface area contributed by atoms with Gasteiger partial charge in [0.1, 0.15) is 11.6 Å². The molecule has 1 aromatic heterocycles. The smallest absolute Gasteiger partial charge is 0.240 e. The van der Waals surface area contributed by atoms with E-state index in [-0.39, 0.29) is 24.4 Å². The molecule has 2 heterocycles. The number of carbonyl (C=O) groups is 2. The Kier molecular flexibility index (Phi) is 6.16. The lowest BCUT2D eigenvalue weighted by atomic mass is 10.0. The number of anilines is 1. The Bertz CT molecular complexity index is 839. The summed E-state index contributed by atoms with van der Waals surface area (Å²) in [4.78, 5) is 31.3. The zero-order valence-corrected chi connectivity index (χ0v) is 16.8. The number of pyridine rings is 1. The minimum atomic E-state index is -0.135. The third kappa shape index (κ3) is 4.69. The molecule has 142 valence electrons. The normalized spacial score (nSPS) is 14.6. The highest BCUT2D eigenvalue weighted by Gasteiger charge is 2.29. The van der Waals surface area contributed by atoms with E-state index in [0.29, 0.717) is 5.75 Å². The highest BCUT2D eigenvalue weighted by Crippen LogP contribution is 2.36. The number of benzene rings is 1. The fraction of sp³-hybridized carbons (Fsp3) is 0.381. The summed E-state index contributed by atoms with van der Waals surface area (Å²) in [6.45, 7) is 5.99. The zero-order chi connectivity index (χ0) is 19.4. The molecule has 1 atom stereocenters. The van der Waals surface area contributed by atoms with Gasteiger partial charge in [-0.2, -0.15) is 0 Å². The molecule has 0 bridgehead atoms. The second-order valence-corrected chi connectivity index (χ2v) is 7.83. The van der Waals surface area contributed by atoms with Crippen molar-refractivity contribution in [2.45, 2.75) is 44.7 Å². The Morgan fingerprint density at radius 3 is 2.74 bits per heavy atom. The van der Waals surface area contributed by atoms with Crippen molar-refractivity contribution in [1.82, 2.24) is 10.3 Å². The third-order valence-corrected chi connectivity index (χ3v) is 5.62. The maximum Gasteiger partial charge on any atom is 0.240 e. The van der Waals surface area contributed by atoms with Crippen molar-refractivity contribution >= 4 is 29.3 Å². The second kappa shape index (κ2) is 8.57. The van der Waals surface area contributed by atoms with Crippen molar-refractivity contribution in [2.75, 3.05) is 17.2 Å². The number of thioether (sulfide) groups is 1. The predicted molar refractivity (Wildman–Crippen MR) is 109 cm³/mol. The molecule has 0 unspecified atom stereocenters. The van der Waals surface area contributed by atoms with Crippen LogP contribution in [-0.2, 0) is 16.0 Å². The van der Waals surface area contributed by atoms with Gasteiger partial charge < -0.3 is 5.32 Å². The Hall–Kier alpha value is -2.34. The topological polar surface area (TPSA) is 62.3 Å². The van der Waals surface area contributed by atoms with Crippen LogP contribution in [0.1, 0.15) is 30.2 Å². The third-order valence-electron chi connectivity index (χ3n) is 4.67. The molecule has 0 radical (unpaired) electrons. The van der Waals surface area contributed by atoms with Gasteiger partial charge in [-0.05, 0) is 43.9 Å². The van der Waals surface area contributed by atoms with Crippen molar-refractivity contribution in [2.24, 2.45) is 0 Å². The predicted octanol–water partition coefficient (Wildman–Crippen LogP) is 3.27. The number of nitrogens with zero attached hydrogens (tertiary/aromatic N) is 2. The average Bonchev–Trinajstić information content (AvgIpc) is 2.64. The molecule has 0 fully saturated rings. The van der Waals surface area contributed by atoms with Crippen LogP contribution in [0.3, 0.4) is 0 Å². The van der Waals surface area contributed by atoms with E-state index in [2.05, 4.69) is 29.4 Å². The van der Waals surface area contributed by atoms with Crippen molar-refractivity contribution in [3.05, 3.63) is 53.2 Å². The van der Waals surface area contributed by atoms with Gasteiger partial charge in [-0.1, -0.05) is 49.0 Å². The maximum absolute atomic E-state index is 12.7. The molecule has 1 aliphatic heterocycles. The molecule has 0 aliphatic carbocycles. The van der Waals surface area contributed by atoms with E-state index < -0.39 is 0 Å². The summed E-state index contributed by atoms with van der Waals surface area (Å²) >= 11 is 1.44. The first-order chi connectivity index (χ1) is 13.0. The monoisotopic (exact) mass is 383 g/mol. The van der Waals surface area contributed by atoms with Gasteiger partial charge in [-0.25, -0.2) is 4.98 Å². The lowest BCUT2D eigenvalue weighted by molar-refractivity contribution is -0.123. The van der Waals surface area contributed by atoms with Gasteiger partial charge in [-0.3, -0.25) is 14.5 Å². The van der Waals surface area contributed by atoms with Crippen LogP contribution in [0.25, 0.3) is 0 Å². The molecule has 0 saturated heterocycles. The minimum Gasteiger partial charge on any atom is -0.351 e. The van der Waals surface area contributed by atoms with Crippen LogP contribution < -0.4 is 10.2 Å². The van der Waals surface area contributed by atoms with Crippen LogP contribution >= 0.6 is 11.8 Å². The highest BCUT2D eigenvalue weighted by molar-refractivity contribution is 8.00. The molecule has 2 amide bonds. The van der Waals surface area contributed by atoms with E-state index in [1.165, 1.54) is 17.3 Å². The van der Waals surface area contributed by atoms with E-state index in [4.69, 9.17) is 0 Å². The molecule has 1 aliphatic rings. The quantitative estimate of drug-likeness (QED) is 0.832. The Morgan fingerprint density at radius 1 is 1.30 bits per heavy atom. The minimum absolute atomic E-state index is 0.0310. The summed E-state index contributed by atoms with van der Waals surface area (Å²) in [6.07, 6.45) is 1.62. The number of aryl methyl sites for hydroxylation is 2. The molecule has 0 saturated carbocycles. The van der Waals surface area contributed by atoms with Gasteiger partial charge >= 0.3 is 0 Å². The zero-order valence-electron chi connectivity index (χ0n) is 16.0. The van der Waals surface area contributed by atoms with E-state index in [0.717, 1.165) is 34.8 Å². The maximum atomic E-state index is 12.7. The number of carbonyl (C=O) groups excluding carboxylic acids is 2. The largest absolute Gasteiger partial charge is 0.351 e. The van der Waals surface area contributed by atoms with Crippen LogP contribution in [0.15, 0.2) is 41.4 Å². The van der Waals surface area contributed by atoms with E-state index in [1.54, 1.807) is 4.90 Å². The Morgan fingerprint density at radius 2 is 2.04 bits per heavy atom. The molecule has 0 spiro atoms. The number of hydrogen-bond donors (Lipinski definition) is 1. The number of rotatable bonds is 6. The number of aromatic nitrogens is 1. The van der Waals surface area contributed by atoms with E-state index >= 15 is 0 Å². The summed E-state index contributed by atoms with van der Waals surface area (Å²) in [5.74, 6) is 0.133. The lowest BCUT2D eigenvalue weighted by Crippen LogP contribution is -2.46. The average molecular weight is 384 g/mol. The van der Waals surface area contributed by atoms with E-state index in [1.807, 2.05) is 38.1 Å². The van der Waals surface area contributed by atoms with Gasteiger partial charge in [0.05, 0.1) is 11.4 Å². The number of nitrogens with one attached hydrogen (secondary N) is 1. The number of hydrogen-bond acceptors (Lipinski definition) is 4. The fourth-order valence-corrected chi connectivity index (χ4v) is 4.37. The summed E-state index contributed by atoms with van der Waals surface area (Å²) in [5.41, 5.74) is 3.86. The van der Waals surface area contributed by atoms with Crippen LogP contribution in [0.5, 0.6) is 0 Å². The first-order valence-electron chi connectivity index (χ1n) is 9.22. The van der Waals surface area contributed by atoms with Crippen molar-refractivity contribution in [3.8, 4) is 0 Å². The molecule has 3 rings (SSSR count). The Balaban J connectivity index is 1.71. The molecule has 2 aromatic rings. The second-order valence-electron chi connectivity index (χ2n) is 6.87. The Labute approximate surface area is 164 Å². The molecule has 27 heavy (non-hydrogen) atoms. The fourth-order valence-electron chi connectivity index (χ4n) is 3.34. The van der Waals surface area contributed by atoms with Gasteiger partial charge in [0.2, 0.25) is 11.8 Å². The number of fused-ring (bicyclic) bond motifs is 1. The summed E-state index contributed by atoms with van der Waals surface area (Å²) in [6, 6.07) is 12.1. The summed E-state index contributed by atoms with van der Waals surface area (Å²) < 4.78 is 0. The molecule has 6 heteroatoms. The van der Waals surface area contributed by atoms with Crippen LogP contribution in [0.2, 0.25) is 0 Å². The van der Waals surface area contributed by atoms with Gasteiger partial charge in [0.15, 0.2) is 0 Å². The SMILES string of the molecule is CC[C@@H](Cc1ccccc1)NC(=O)CN1C(=O)CSc2nc(C)cc(C)c21. The molecule has 1 aromatic carbocycles. The van der Waals surface area contributed by atoms with Crippen molar-refractivity contribution in [3.63, 3.8) is 0 Å². The molecular weight excluding hydrogens is 358 g/mol. The van der Waals surface area contributed by atoms with Crippen LogP contribution in [0.4, 0.5) is 5.69 Å². The lowest BCUT2D eigenvalue weighted by Gasteiger charge is -2.30. The summed E-state index contributed by atoms with van der Waals surface area (Å²) in [5, 5.41) is 3.91. The molecule has 1 N–H and O–H groups in total. The number of amides is 2. The molecular formula is C21H25N3O2S. The summed E-state index contributed by atoms with van der Waals surface area (Å²) in [7, 11) is 0. The molecule has 5 nitrogen and oxygen atoms in total. The van der Waals surface area contributed by atoms with Gasteiger partial charge in [0, 0.05) is 11.7 Å². The van der Waals surface area contributed by atoms with E-state index in [9.17, 15) is 9.59 Å². The van der Waals surface area contributed by atoms with Gasteiger partial charge in [-0.15, -0.1) is 0 Å². The van der Waals surface area contributed by atoms with Gasteiger partial charge in [0.25, 0.3) is 0 Å². The van der Waals surface area contributed by atoms with Crippen molar-refractivity contribution in [1.29, 1.82) is 0 Å². The van der Waals surface area contributed by atoms with Crippen molar-refractivity contribution < 1.29 is 9.59 Å². The van der Waals surface area contributed by atoms with Crippen LogP contribution in [0, 0.1) is 13.8 Å². The first-order valence-corrected chi connectivity index (χ1v) is 10.2. The van der Waals surface area contributed by atoms with Crippen LogP contribution in [-0.4, -0.2) is 35.1 Å².